The van der Waals surface area contributed by atoms with Gasteiger partial charge in [0, 0.05) is 10.4 Å². The first-order valence-electron chi connectivity index (χ1n) is 7.45. The normalized spacial score (nSPS) is 10.7. The van der Waals surface area contributed by atoms with Crippen LogP contribution in [0, 0.1) is 0 Å². The average Bonchev–Trinajstić information content (AvgIpc) is 3.14. The van der Waals surface area contributed by atoms with E-state index in [0.29, 0.717) is 5.75 Å². The Morgan fingerprint density at radius 2 is 1.83 bits per heavy atom. The van der Waals surface area contributed by atoms with Gasteiger partial charge in [-0.15, -0.1) is 11.3 Å². The number of benzene rings is 2. The van der Waals surface area contributed by atoms with Crippen LogP contribution in [0.15, 0.2) is 77.2 Å². The van der Waals surface area contributed by atoms with Gasteiger partial charge in [-0.25, -0.2) is 5.43 Å². The van der Waals surface area contributed by atoms with Gasteiger partial charge in [0.15, 0.2) is 6.61 Å². The van der Waals surface area contributed by atoms with Crippen molar-refractivity contribution < 1.29 is 9.53 Å². The number of para-hydroxylation sites is 1. The lowest BCUT2D eigenvalue weighted by Gasteiger charge is -2.10. The summed E-state index contributed by atoms with van der Waals surface area (Å²) in [5.74, 6) is 0.367. The second-order valence-electron chi connectivity index (χ2n) is 4.96. The molecule has 1 heterocycles. The van der Waals surface area contributed by atoms with Crippen LogP contribution in [-0.2, 0) is 4.79 Å². The fourth-order valence-electron chi connectivity index (χ4n) is 2.16. The summed E-state index contributed by atoms with van der Waals surface area (Å²) in [7, 11) is 0. The third kappa shape index (κ3) is 4.30. The summed E-state index contributed by atoms with van der Waals surface area (Å²) in [4.78, 5) is 12.8. The van der Waals surface area contributed by atoms with Crippen LogP contribution in [0.25, 0.3) is 11.1 Å². The molecule has 0 spiro atoms. The summed E-state index contributed by atoms with van der Waals surface area (Å²) >= 11 is 1.55. The molecule has 4 nitrogen and oxygen atoms in total. The van der Waals surface area contributed by atoms with E-state index >= 15 is 0 Å². The van der Waals surface area contributed by atoms with Crippen molar-refractivity contribution in [3.63, 3.8) is 0 Å². The Kier molecular flexibility index (Phi) is 5.37. The molecular weight excluding hydrogens is 320 g/mol. The summed E-state index contributed by atoms with van der Waals surface area (Å²) in [6.45, 7) is -0.0916. The minimum Gasteiger partial charge on any atom is -0.483 e. The van der Waals surface area contributed by atoms with Crippen LogP contribution in [0.5, 0.6) is 5.75 Å². The first-order chi connectivity index (χ1) is 11.8. The zero-order valence-corrected chi connectivity index (χ0v) is 13.7. The predicted octanol–water partition coefficient (Wildman–Crippen LogP) is 3.94. The lowest BCUT2D eigenvalue weighted by molar-refractivity contribution is -0.123. The minimum absolute atomic E-state index is 0.0916. The van der Waals surface area contributed by atoms with Crippen molar-refractivity contribution in [3.05, 3.63) is 77.0 Å². The number of amides is 1. The van der Waals surface area contributed by atoms with Gasteiger partial charge < -0.3 is 4.74 Å². The predicted molar refractivity (Wildman–Crippen MR) is 97.4 cm³/mol. The number of rotatable bonds is 6. The van der Waals surface area contributed by atoms with Gasteiger partial charge >= 0.3 is 0 Å². The van der Waals surface area contributed by atoms with Crippen molar-refractivity contribution >= 4 is 23.5 Å². The zero-order chi connectivity index (χ0) is 16.6. The van der Waals surface area contributed by atoms with Gasteiger partial charge in [-0.05, 0) is 23.1 Å². The maximum Gasteiger partial charge on any atom is 0.277 e. The summed E-state index contributed by atoms with van der Waals surface area (Å²) in [5.41, 5.74) is 4.46. The molecule has 0 fully saturated rings. The fourth-order valence-corrected chi connectivity index (χ4v) is 2.74. The molecule has 0 aliphatic rings. The van der Waals surface area contributed by atoms with Crippen molar-refractivity contribution in [1.82, 2.24) is 5.43 Å². The van der Waals surface area contributed by atoms with Crippen LogP contribution >= 0.6 is 11.3 Å². The van der Waals surface area contributed by atoms with E-state index in [4.69, 9.17) is 4.74 Å². The van der Waals surface area contributed by atoms with Gasteiger partial charge in [-0.2, -0.15) is 5.10 Å². The Labute approximate surface area is 144 Å². The minimum atomic E-state index is -0.300. The van der Waals surface area contributed by atoms with Crippen molar-refractivity contribution in [2.45, 2.75) is 0 Å². The Balaban J connectivity index is 1.60. The van der Waals surface area contributed by atoms with Crippen LogP contribution in [0.4, 0.5) is 0 Å². The topological polar surface area (TPSA) is 50.7 Å². The van der Waals surface area contributed by atoms with E-state index in [0.717, 1.165) is 16.0 Å². The number of hydrazone groups is 1. The number of carbonyl (C=O) groups is 1. The molecule has 0 saturated heterocycles. The molecule has 3 rings (SSSR count). The van der Waals surface area contributed by atoms with Crippen LogP contribution in [-0.4, -0.2) is 18.7 Å². The second kappa shape index (κ2) is 8.08. The third-order valence-electron chi connectivity index (χ3n) is 3.25. The summed E-state index contributed by atoms with van der Waals surface area (Å²) in [6.07, 6.45) is 1.61. The van der Waals surface area contributed by atoms with E-state index in [1.54, 1.807) is 17.6 Å². The van der Waals surface area contributed by atoms with Crippen molar-refractivity contribution in [3.8, 4) is 16.9 Å². The lowest BCUT2D eigenvalue weighted by atomic mass is 10.1. The highest BCUT2D eigenvalue weighted by Crippen LogP contribution is 2.29. The number of hydrogen-bond donors (Lipinski definition) is 1. The first kappa shape index (κ1) is 16.0. The van der Waals surface area contributed by atoms with Gasteiger partial charge in [-0.3, -0.25) is 4.79 Å². The molecule has 1 amide bonds. The second-order valence-corrected chi connectivity index (χ2v) is 5.94. The molecule has 0 unspecified atom stereocenters. The highest BCUT2D eigenvalue weighted by Gasteiger charge is 2.07. The van der Waals surface area contributed by atoms with Gasteiger partial charge in [0.1, 0.15) is 5.75 Å². The van der Waals surface area contributed by atoms with E-state index in [1.165, 1.54) is 0 Å². The van der Waals surface area contributed by atoms with Crippen LogP contribution in [0.3, 0.4) is 0 Å². The largest absolute Gasteiger partial charge is 0.483 e. The quantitative estimate of drug-likeness (QED) is 0.547. The molecule has 0 aliphatic heterocycles. The number of carbonyl (C=O) groups excluding carboxylic acids is 1. The Hall–Kier alpha value is -2.92. The molecule has 2 aromatic carbocycles. The Bertz CT molecular complexity index is 814. The number of nitrogens with one attached hydrogen (secondary N) is 1. The van der Waals surface area contributed by atoms with Crippen molar-refractivity contribution in [2.24, 2.45) is 5.10 Å². The van der Waals surface area contributed by atoms with Gasteiger partial charge in [0.25, 0.3) is 5.91 Å². The summed E-state index contributed by atoms with van der Waals surface area (Å²) in [5, 5.41) is 5.86. The number of hydrogen-bond acceptors (Lipinski definition) is 4. The molecule has 24 heavy (non-hydrogen) atoms. The van der Waals surface area contributed by atoms with Crippen molar-refractivity contribution in [2.75, 3.05) is 6.61 Å². The zero-order valence-electron chi connectivity index (χ0n) is 12.9. The van der Waals surface area contributed by atoms with E-state index in [9.17, 15) is 4.79 Å². The fraction of sp³-hybridized carbons (Fsp3) is 0.0526. The molecular formula is C19H16N2O2S. The molecule has 120 valence electrons. The Morgan fingerprint density at radius 3 is 2.62 bits per heavy atom. The van der Waals surface area contributed by atoms with Crippen LogP contribution in [0.1, 0.15) is 4.88 Å². The smallest absolute Gasteiger partial charge is 0.277 e. The molecule has 1 aromatic heterocycles. The number of thiophene rings is 1. The Morgan fingerprint density at radius 1 is 1.04 bits per heavy atom. The van der Waals surface area contributed by atoms with E-state index in [-0.39, 0.29) is 12.5 Å². The SMILES string of the molecule is O=C(COc1ccccc1-c1ccccc1)N/N=C\c1cccs1. The molecule has 0 saturated carbocycles. The lowest BCUT2D eigenvalue weighted by Crippen LogP contribution is -2.24. The van der Waals surface area contributed by atoms with Crippen LogP contribution in [0.2, 0.25) is 0 Å². The van der Waals surface area contributed by atoms with E-state index in [1.807, 2.05) is 72.1 Å². The standard InChI is InChI=1S/C19H16N2O2S/c22-19(21-20-13-16-9-6-12-24-16)14-23-18-11-5-4-10-17(18)15-7-2-1-3-8-15/h1-13H,14H2,(H,21,22)/b20-13-. The van der Waals surface area contributed by atoms with Gasteiger partial charge in [0.2, 0.25) is 0 Å². The van der Waals surface area contributed by atoms with E-state index < -0.39 is 0 Å². The van der Waals surface area contributed by atoms with Gasteiger partial charge in [0.05, 0.1) is 6.21 Å². The van der Waals surface area contributed by atoms with Crippen LogP contribution < -0.4 is 10.2 Å². The highest BCUT2D eigenvalue weighted by atomic mass is 32.1. The molecule has 3 aromatic rings. The highest BCUT2D eigenvalue weighted by molar-refractivity contribution is 7.11. The molecule has 0 radical (unpaired) electrons. The summed E-state index contributed by atoms with van der Waals surface area (Å²) < 4.78 is 5.66. The third-order valence-corrected chi connectivity index (χ3v) is 4.06. The maximum absolute atomic E-state index is 11.8. The van der Waals surface area contributed by atoms with E-state index in [2.05, 4.69) is 10.5 Å². The molecule has 0 aliphatic carbocycles. The number of ether oxygens (including phenoxy) is 1. The monoisotopic (exact) mass is 336 g/mol. The molecule has 1 N–H and O–H groups in total. The number of nitrogens with zero attached hydrogens (tertiary/aromatic N) is 1. The van der Waals surface area contributed by atoms with Gasteiger partial charge in [-0.1, -0.05) is 54.6 Å². The molecule has 5 heteroatoms. The van der Waals surface area contributed by atoms with Crippen molar-refractivity contribution in [1.29, 1.82) is 0 Å². The summed E-state index contributed by atoms with van der Waals surface area (Å²) in [6, 6.07) is 21.4. The first-order valence-corrected chi connectivity index (χ1v) is 8.33. The molecule has 0 bridgehead atoms. The maximum atomic E-state index is 11.8. The molecule has 0 atom stereocenters. The average molecular weight is 336 g/mol.